The number of piperidine rings is 1. The summed E-state index contributed by atoms with van der Waals surface area (Å²) in [5, 5.41) is 1.28. The van der Waals surface area contributed by atoms with Gasteiger partial charge in [-0.1, -0.05) is 55.3 Å². The number of benzene rings is 1. The molecular formula is C28H35Cl2N3O2. The summed E-state index contributed by atoms with van der Waals surface area (Å²) in [6.45, 7) is 12.2. The van der Waals surface area contributed by atoms with Crippen LogP contribution in [0, 0.1) is 5.41 Å². The number of aromatic nitrogens is 1. The Morgan fingerprint density at radius 2 is 2.00 bits per heavy atom. The lowest BCUT2D eigenvalue weighted by Gasteiger charge is -2.52. The SMILES string of the molecule is C=CCC1(C)CC(c2cccc(Cl)c2)C(c2ccc(Cl)cn2)N([C@@H](CC)CN2CCOCC2)C1=O. The third-order valence-corrected chi connectivity index (χ3v) is 7.92. The van der Waals surface area contributed by atoms with Crippen molar-refractivity contribution in [3.8, 4) is 0 Å². The molecule has 2 aliphatic heterocycles. The smallest absolute Gasteiger partial charge is 0.229 e. The molecule has 3 unspecified atom stereocenters. The van der Waals surface area contributed by atoms with Gasteiger partial charge in [-0.05, 0) is 49.1 Å². The van der Waals surface area contributed by atoms with Gasteiger partial charge in [-0.25, -0.2) is 0 Å². The van der Waals surface area contributed by atoms with Crippen LogP contribution in [0.4, 0.5) is 0 Å². The molecule has 4 atom stereocenters. The van der Waals surface area contributed by atoms with Gasteiger partial charge in [0.25, 0.3) is 0 Å². The van der Waals surface area contributed by atoms with E-state index in [4.69, 9.17) is 32.9 Å². The lowest BCUT2D eigenvalue weighted by molar-refractivity contribution is -0.155. The molecule has 0 radical (unpaired) electrons. The van der Waals surface area contributed by atoms with E-state index in [-0.39, 0.29) is 23.9 Å². The van der Waals surface area contributed by atoms with Crippen molar-refractivity contribution in [2.45, 2.75) is 51.1 Å². The van der Waals surface area contributed by atoms with Crippen LogP contribution in [0.25, 0.3) is 0 Å². The molecule has 2 saturated heterocycles. The van der Waals surface area contributed by atoms with E-state index in [1.165, 1.54) is 0 Å². The van der Waals surface area contributed by atoms with Crippen LogP contribution in [0.1, 0.15) is 56.3 Å². The number of amides is 1. The fourth-order valence-corrected chi connectivity index (χ4v) is 5.95. The van der Waals surface area contributed by atoms with E-state index in [0.717, 1.165) is 50.5 Å². The number of ether oxygens (including phenoxy) is 1. The second kappa shape index (κ2) is 11.4. The van der Waals surface area contributed by atoms with Gasteiger partial charge < -0.3 is 9.64 Å². The molecule has 1 aromatic heterocycles. The zero-order valence-electron chi connectivity index (χ0n) is 20.6. The molecule has 35 heavy (non-hydrogen) atoms. The minimum absolute atomic E-state index is 0.0313. The standard InChI is InChI=1S/C28H35Cl2N3O2/c1-4-11-28(3)17-24(20-7-6-8-21(29)16-20)26(25-10-9-22(30)18-31-25)33(27(28)34)23(5-2)19-32-12-14-35-15-13-32/h4,6-10,16,18,23-24,26H,1,5,11-15,17,19H2,2-3H3/t23-,24?,26?,28?/m0/s1. The molecule has 0 bridgehead atoms. The molecule has 4 rings (SSSR count). The Hall–Kier alpha value is -1.92. The first-order chi connectivity index (χ1) is 16.9. The highest BCUT2D eigenvalue weighted by Crippen LogP contribution is 2.52. The van der Waals surface area contributed by atoms with E-state index in [0.29, 0.717) is 22.9 Å². The van der Waals surface area contributed by atoms with Crippen LogP contribution in [0.15, 0.2) is 55.3 Å². The van der Waals surface area contributed by atoms with Gasteiger partial charge in [0.2, 0.25) is 5.91 Å². The number of allylic oxidation sites excluding steroid dienone is 1. The fraction of sp³-hybridized carbons (Fsp3) is 0.500. The lowest BCUT2D eigenvalue weighted by atomic mass is 9.67. The van der Waals surface area contributed by atoms with Gasteiger partial charge >= 0.3 is 0 Å². The summed E-state index contributed by atoms with van der Waals surface area (Å²) in [6.07, 6.45) is 5.70. The van der Waals surface area contributed by atoms with Crippen molar-refractivity contribution < 1.29 is 9.53 Å². The monoisotopic (exact) mass is 515 g/mol. The Kier molecular flexibility index (Phi) is 8.54. The Morgan fingerprint density at radius 3 is 2.63 bits per heavy atom. The average Bonchev–Trinajstić information content (AvgIpc) is 2.86. The molecule has 0 N–H and O–H groups in total. The molecule has 0 aliphatic carbocycles. The number of nitrogens with zero attached hydrogens (tertiary/aromatic N) is 3. The molecule has 0 saturated carbocycles. The van der Waals surface area contributed by atoms with Crippen molar-refractivity contribution >= 4 is 29.1 Å². The second-order valence-electron chi connectivity index (χ2n) is 9.95. The van der Waals surface area contributed by atoms with Crippen LogP contribution >= 0.6 is 23.2 Å². The van der Waals surface area contributed by atoms with E-state index in [1.807, 2.05) is 36.4 Å². The topological polar surface area (TPSA) is 45.7 Å². The summed E-state index contributed by atoms with van der Waals surface area (Å²) in [6, 6.07) is 11.7. The summed E-state index contributed by atoms with van der Waals surface area (Å²) >= 11 is 12.7. The van der Waals surface area contributed by atoms with Crippen molar-refractivity contribution in [3.63, 3.8) is 0 Å². The summed E-state index contributed by atoms with van der Waals surface area (Å²) in [5.74, 6) is 0.196. The number of likely N-dealkylation sites (tertiary alicyclic amines) is 1. The van der Waals surface area contributed by atoms with Crippen LogP contribution in [0.3, 0.4) is 0 Å². The first-order valence-corrected chi connectivity index (χ1v) is 13.2. The lowest BCUT2D eigenvalue weighted by Crippen LogP contribution is -2.58. The minimum Gasteiger partial charge on any atom is -0.379 e. The summed E-state index contributed by atoms with van der Waals surface area (Å²) in [4.78, 5) is 23.6. The molecular weight excluding hydrogens is 481 g/mol. The molecule has 5 nitrogen and oxygen atoms in total. The molecule has 7 heteroatoms. The maximum Gasteiger partial charge on any atom is 0.229 e. The van der Waals surface area contributed by atoms with Gasteiger partial charge in [0.15, 0.2) is 0 Å². The first kappa shape index (κ1) is 26.2. The summed E-state index contributed by atoms with van der Waals surface area (Å²) in [7, 11) is 0. The molecule has 2 aliphatic rings. The van der Waals surface area contributed by atoms with Gasteiger partial charge in [-0.3, -0.25) is 14.7 Å². The van der Waals surface area contributed by atoms with Crippen LogP contribution in [-0.4, -0.2) is 59.6 Å². The number of rotatable bonds is 8. The van der Waals surface area contributed by atoms with Crippen molar-refractivity contribution in [2.24, 2.45) is 5.41 Å². The maximum atomic E-state index is 14.3. The Labute approximate surface area is 219 Å². The average molecular weight is 517 g/mol. The van der Waals surface area contributed by atoms with Crippen LogP contribution in [-0.2, 0) is 9.53 Å². The number of hydrogen-bond acceptors (Lipinski definition) is 4. The fourth-order valence-electron chi connectivity index (χ4n) is 5.64. The third-order valence-electron chi connectivity index (χ3n) is 7.46. The zero-order chi connectivity index (χ0) is 25.0. The van der Waals surface area contributed by atoms with E-state index in [2.05, 4.69) is 36.3 Å². The van der Waals surface area contributed by atoms with Crippen molar-refractivity contribution in [3.05, 3.63) is 76.6 Å². The van der Waals surface area contributed by atoms with Crippen molar-refractivity contribution in [1.82, 2.24) is 14.8 Å². The highest BCUT2D eigenvalue weighted by Gasteiger charge is 2.51. The number of pyridine rings is 1. The normalized spacial score (nSPS) is 26.5. The predicted molar refractivity (Wildman–Crippen MR) is 142 cm³/mol. The minimum atomic E-state index is -0.559. The number of morpholine rings is 1. The maximum absolute atomic E-state index is 14.3. The van der Waals surface area contributed by atoms with E-state index in [1.54, 1.807) is 6.20 Å². The number of carbonyl (C=O) groups excluding carboxylic acids is 1. The molecule has 1 aromatic carbocycles. The quantitative estimate of drug-likeness (QED) is 0.396. The number of halogens is 2. The second-order valence-corrected chi connectivity index (χ2v) is 10.8. The molecule has 188 valence electrons. The van der Waals surface area contributed by atoms with Gasteiger partial charge in [-0.2, -0.15) is 0 Å². The molecule has 1 amide bonds. The first-order valence-electron chi connectivity index (χ1n) is 12.5. The highest BCUT2D eigenvalue weighted by molar-refractivity contribution is 6.30. The predicted octanol–water partition coefficient (Wildman–Crippen LogP) is 6.14. The highest BCUT2D eigenvalue weighted by atomic mass is 35.5. The molecule has 2 aromatic rings. The van der Waals surface area contributed by atoms with Crippen LogP contribution < -0.4 is 0 Å². The summed E-state index contributed by atoms with van der Waals surface area (Å²) < 4.78 is 5.57. The van der Waals surface area contributed by atoms with Gasteiger partial charge in [0.1, 0.15) is 0 Å². The van der Waals surface area contributed by atoms with E-state index in [9.17, 15) is 4.79 Å². The zero-order valence-corrected chi connectivity index (χ0v) is 22.1. The number of hydrogen-bond donors (Lipinski definition) is 0. The van der Waals surface area contributed by atoms with Crippen LogP contribution in [0.5, 0.6) is 0 Å². The van der Waals surface area contributed by atoms with E-state index < -0.39 is 5.41 Å². The number of carbonyl (C=O) groups is 1. The van der Waals surface area contributed by atoms with Crippen molar-refractivity contribution in [2.75, 3.05) is 32.8 Å². The molecule has 0 spiro atoms. The molecule has 3 heterocycles. The summed E-state index contributed by atoms with van der Waals surface area (Å²) in [5.41, 5.74) is 1.41. The van der Waals surface area contributed by atoms with Crippen LogP contribution in [0.2, 0.25) is 10.0 Å². The molecule has 2 fully saturated rings. The third kappa shape index (κ3) is 5.75. The van der Waals surface area contributed by atoms with Gasteiger partial charge in [0, 0.05) is 42.8 Å². The van der Waals surface area contributed by atoms with Crippen molar-refractivity contribution in [1.29, 1.82) is 0 Å². The van der Waals surface area contributed by atoms with E-state index >= 15 is 0 Å². The Bertz CT molecular complexity index is 1030. The Balaban J connectivity index is 1.83. The van der Waals surface area contributed by atoms with Gasteiger partial charge in [-0.15, -0.1) is 6.58 Å². The largest absolute Gasteiger partial charge is 0.379 e. The Morgan fingerprint density at radius 1 is 1.23 bits per heavy atom. The van der Waals surface area contributed by atoms with Gasteiger partial charge in [0.05, 0.1) is 35.4 Å².